The quantitative estimate of drug-likeness (QED) is 0.628. The second kappa shape index (κ2) is 7.90. The number of sulfonamides is 1. The van der Waals surface area contributed by atoms with Crippen molar-refractivity contribution in [3.8, 4) is 0 Å². The fourth-order valence-corrected chi connectivity index (χ4v) is 5.27. The zero-order valence-corrected chi connectivity index (χ0v) is 17.2. The molecule has 6 nitrogen and oxygen atoms in total. The fraction of sp³-hybridized carbons (Fsp3) is 0.286. The maximum absolute atomic E-state index is 13.5. The van der Waals surface area contributed by atoms with E-state index in [1.165, 1.54) is 4.31 Å². The highest BCUT2D eigenvalue weighted by molar-refractivity contribution is 7.89. The Morgan fingerprint density at radius 2 is 1.73 bits per heavy atom. The first kappa shape index (κ1) is 20.6. The maximum atomic E-state index is 13.5. The van der Waals surface area contributed by atoms with E-state index in [9.17, 15) is 22.0 Å². The molecule has 0 unspecified atom stereocenters. The molecule has 0 bridgehead atoms. The largest absolute Gasteiger partial charge is 0.358 e. The van der Waals surface area contributed by atoms with E-state index in [2.05, 4.69) is 4.98 Å². The number of ketones is 1. The molecule has 0 spiro atoms. The van der Waals surface area contributed by atoms with Gasteiger partial charge in [0.25, 0.3) is 0 Å². The van der Waals surface area contributed by atoms with Crippen molar-refractivity contribution in [2.75, 3.05) is 32.7 Å². The van der Waals surface area contributed by atoms with Crippen LogP contribution in [0.4, 0.5) is 8.78 Å². The van der Waals surface area contributed by atoms with Gasteiger partial charge in [-0.2, -0.15) is 4.31 Å². The number of carbonyl (C=O) groups excluding carboxylic acids is 1. The Morgan fingerprint density at radius 3 is 2.43 bits per heavy atom. The van der Waals surface area contributed by atoms with E-state index in [1.54, 1.807) is 0 Å². The Balaban J connectivity index is 1.44. The van der Waals surface area contributed by atoms with Crippen LogP contribution in [0.5, 0.6) is 0 Å². The highest BCUT2D eigenvalue weighted by atomic mass is 32.2. The van der Waals surface area contributed by atoms with Gasteiger partial charge in [-0.3, -0.25) is 9.69 Å². The van der Waals surface area contributed by atoms with Gasteiger partial charge in [-0.05, 0) is 31.2 Å². The third-order valence-corrected chi connectivity index (χ3v) is 7.29. The van der Waals surface area contributed by atoms with Crippen molar-refractivity contribution < 1.29 is 22.0 Å². The summed E-state index contributed by atoms with van der Waals surface area (Å²) in [7, 11) is -3.92. The lowest BCUT2D eigenvalue weighted by atomic mass is 10.1. The molecule has 1 aliphatic rings. The number of aryl methyl sites for hydroxylation is 1. The van der Waals surface area contributed by atoms with Crippen molar-refractivity contribution in [2.24, 2.45) is 0 Å². The number of fused-ring (bicyclic) bond motifs is 1. The van der Waals surface area contributed by atoms with Crippen molar-refractivity contribution in [3.05, 3.63) is 65.4 Å². The summed E-state index contributed by atoms with van der Waals surface area (Å²) in [5.41, 5.74) is 2.36. The summed E-state index contributed by atoms with van der Waals surface area (Å²) in [5, 5.41) is 0.875. The van der Waals surface area contributed by atoms with Crippen LogP contribution in [0.2, 0.25) is 0 Å². The molecule has 0 radical (unpaired) electrons. The zero-order chi connectivity index (χ0) is 21.5. The molecule has 0 amide bonds. The normalized spacial score (nSPS) is 16.2. The summed E-state index contributed by atoms with van der Waals surface area (Å²) in [4.78, 5) is 17.7. The third kappa shape index (κ3) is 3.76. The SMILES string of the molecule is Cc1[nH]c2ccccc2c1C(=O)CN1CCN(S(=O)(=O)c2ccc(F)c(F)c2)CC1. The number of nitrogens with one attached hydrogen (secondary N) is 1. The molecule has 9 heteroatoms. The van der Waals surface area contributed by atoms with E-state index in [-0.39, 0.29) is 30.3 Å². The van der Waals surface area contributed by atoms with Crippen LogP contribution in [-0.2, 0) is 10.0 Å². The number of carbonyl (C=O) groups is 1. The second-order valence-electron chi connectivity index (χ2n) is 7.35. The van der Waals surface area contributed by atoms with Crippen molar-refractivity contribution >= 4 is 26.7 Å². The number of piperazine rings is 1. The predicted octanol–water partition coefficient (Wildman–Crippen LogP) is 2.94. The Morgan fingerprint density at radius 1 is 1.03 bits per heavy atom. The Hall–Kier alpha value is -2.62. The van der Waals surface area contributed by atoms with Gasteiger partial charge in [0.1, 0.15) is 0 Å². The summed E-state index contributed by atoms with van der Waals surface area (Å²) < 4.78 is 53.2. The number of hydrogen-bond donors (Lipinski definition) is 1. The first-order chi connectivity index (χ1) is 14.3. The highest BCUT2D eigenvalue weighted by Crippen LogP contribution is 2.23. The third-order valence-electron chi connectivity index (χ3n) is 5.40. The molecule has 2 heterocycles. The number of aromatic amines is 1. The number of rotatable bonds is 5. The van der Waals surface area contributed by atoms with E-state index >= 15 is 0 Å². The summed E-state index contributed by atoms with van der Waals surface area (Å²) >= 11 is 0. The van der Waals surface area contributed by atoms with E-state index < -0.39 is 21.7 Å². The summed E-state index contributed by atoms with van der Waals surface area (Å²) in [6.45, 7) is 3.12. The van der Waals surface area contributed by atoms with E-state index in [0.717, 1.165) is 28.7 Å². The predicted molar refractivity (Wildman–Crippen MR) is 109 cm³/mol. The van der Waals surface area contributed by atoms with Gasteiger partial charge in [0.2, 0.25) is 10.0 Å². The topological polar surface area (TPSA) is 73.5 Å². The van der Waals surface area contributed by atoms with Crippen LogP contribution in [0.25, 0.3) is 10.9 Å². The molecule has 1 saturated heterocycles. The Kier molecular flexibility index (Phi) is 5.44. The van der Waals surface area contributed by atoms with E-state index in [1.807, 2.05) is 36.1 Å². The van der Waals surface area contributed by atoms with Gasteiger partial charge in [-0.25, -0.2) is 17.2 Å². The monoisotopic (exact) mass is 433 g/mol. The van der Waals surface area contributed by atoms with Gasteiger partial charge in [0.05, 0.1) is 11.4 Å². The van der Waals surface area contributed by atoms with Gasteiger partial charge < -0.3 is 4.98 Å². The lowest BCUT2D eigenvalue weighted by Crippen LogP contribution is -2.49. The van der Waals surface area contributed by atoms with Gasteiger partial charge in [0, 0.05) is 48.3 Å². The van der Waals surface area contributed by atoms with Crippen LogP contribution in [0.15, 0.2) is 47.4 Å². The van der Waals surface area contributed by atoms with Crippen LogP contribution < -0.4 is 0 Å². The molecule has 30 heavy (non-hydrogen) atoms. The summed E-state index contributed by atoms with van der Waals surface area (Å²) in [6, 6.07) is 10.2. The lowest BCUT2D eigenvalue weighted by Gasteiger charge is -2.33. The number of Topliss-reactive ketones (excluding diaryl/α,β-unsaturated/α-hetero) is 1. The molecule has 1 aliphatic heterocycles. The molecular weight excluding hydrogens is 412 g/mol. The van der Waals surface area contributed by atoms with Gasteiger partial charge >= 0.3 is 0 Å². The molecule has 0 aliphatic carbocycles. The van der Waals surface area contributed by atoms with Crippen LogP contribution in [0, 0.1) is 18.6 Å². The number of hydrogen-bond acceptors (Lipinski definition) is 4. The zero-order valence-electron chi connectivity index (χ0n) is 16.4. The highest BCUT2D eigenvalue weighted by Gasteiger charge is 2.30. The Labute approximate surface area is 173 Å². The standard InChI is InChI=1S/C21H21F2N3O3S/c1-14-21(16-4-2-3-5-19(16)24-14)20(27)13-25-8-10-26(11-9-25)30(28,29)15-6-7-17(22)18(23)12-15/h2-7,12,24H,8-11,13H2,1H3. The minimum atomic E-state index is -3.92. The van der Waals surface area contributed by atoms with Crippen molar-refractivity contribution in [2.45, 2.75) is 11.8 Å². The fourth-order valence-electron chi connectivity index (χ4n) is 3.83. The van der Waals surface area contributed by atoms with E-state index in [4.69, 9.17) is 0 Å². The summed E-state index contributed by atoms with van der Waals surface area (Å²) in [6.07, 6.45) is 0. The lowest BCUT2D eigenvalue weighted by molar-refractivity contribution is 0.0903. The number of para-hydroxylation sites is 1. The molecular formula is C21H21F2N3O3S. The first-order valence-electron chi connectivity index (χ1n) is 9.55. The van der Waals surface area contributed by atoms with Crippen molar-refractivity contribution in [1.82, 2.24) is 14.2 Å². The second-order valence-corrected chi connectivity index (χ2v) is 9.29. The number of halogens is 2. The van der Waals surface area contributed by atoms with Crippen LogP contribution >= 0.6 is 0 Å². The molecule has 1 N–H and O–H groups in total. The summed E-state index contributed by atoms with van der Waals surface area (Å²) in [5.74, 6) is -2.32. The van der Waals surface area contributed by atoms with Crippen molar-refractivity contribution in [1.29, 1.82) is 0 Å². The van der Waals surface area contributed by atoms with Crippen LogP contribution in [0.1, 0.15) is 16.1 Å². The molecule has 1 fully saturated rings. The van der Waals surface area contributed by atoms with E-state index in [0.29, 0.717) is 24.7 Å². The molecule has 3 aromatic rings. The number of H-pyrrole nitrogens is 1. The molecule has 158 valence electrons. The maximum Gasteiger partial charge on any atom is 0.243 e. The van der Waals surface area contributed by atoms with Crippen LogP contribution in [-0.4, -0.2) is 61.1 Å². The van der Waals surface area contributed by atoms with Gasteiger partial charge in [-0.1, -0.05) is 18.2 Å². The van der Waals surface area contributed by atoms with Gasteiger partial charge in [-0.15, -0.1) is 0 Å². The molecule has 1 aromatic heterocycles. The molecule has 2 aromatic carbocycles. The van der Waals surface area contributed by atoms with Gasteiger partial charge in [0.15, 0.2) is 17.4 Å². The number of nitrogens with zero attached hydrogens (tertiary/aromatic N) is 2. The first-order valence-corrected chi connectivity index (χ1v) is 11.0. The molecule has 0 saturated carbocycles. The Bertz CT molecular complexity index is 1220. The van der Waals surface area contributed by atoms with Crippen molar-refractivity contribution in [3.63, 3.8) is 0 Å². The number of benzene rings is 2. The average molecular weight is 433 g/mol. The smallest absolute Gasteiger partial charge is 0.243 e. The minimum Gasteiger partial charge on any atom is -0.358 e. The minimum absolute atomic E-state index is 0.0261. The molecule has 4 rings (SSSR count). The average Bonchev–Trinajstić information content (AvgIpc) is 3.06. The molecule has 0 atom stereocenters. The number of aromatic nitrogens is 1. The van der Waals surface area contributed by atoms with Crippen LogP contribution in [0.3, 0.4) is 0 Å².